The first-order valence-corrected chi connectivity index (χ1v) is 3.73. The molecular weight excluding hydrogens is 146 g/mol. The second kappa shape index (κ2) is 6.12. The Morgan fingerprint density at radius 1 is 1.45 bits per heavy atom. The van der Waals surface area contributed by atoms with Crippen LogP contribution in [0.5, 0.6) is 0 Å². The Bertz CT molecular complexity index is 116. The first kappa shape index (κ1) is 10.4. The molecule has 0 bridgehead atoms. The first-order valence-electron chi connectivity index (χ1n) is 3.73. The number of ether oxygens (including phenoxy) is 2. The fourth-order valence-corrected chi connectivity index (χ4v) is 0.657. The second-order valence-electron chi connectivity index (χ2n) is 2.00. The first-order chi connectivity index (χ1) is 5.20. The van der Waals surface area contributed by atoms with Gasteiger partial charge in [0.15, 0.2) is 0 Å². The van der Waals surface area contributed by atoms with Crippen LogP contribution in [-0.4, -0.2) is 25.4 Å². The predicted octanol–water partition coefficient (Wildman–Crippen LogP) is 0.261. The van der Waals surface area contributed by atoms with Gasteiger partial charge in [0.05, 0.1) is 13.0 Å². The number of rotatable bonds is 5. The molecule has 0 aromatic carbocycles. The molecule has 0 aliphatic rings. The molecule has 11 heavy (non-hydrogen) atoms. The fraction of sp³-hybridized carbons (Fsp3) is 0.857. The van der Waals surface area contributed by atoms with Gasteiger partial charge in [0.1, 0.15) is 6.23 Å². The summed E-state index contributed by atoms with van der Waals surface area (Å²) in [5.74, 6) is -0.312. The van der Waals surface area contributed by atoms with E-state index in [1.807, 2.05) is 6.92 Å². The molecule has 0 aliphatic carbocycles. The molecule has 4 heteroatoms. The van der Waals surface area contributed by atoms with E-state index in [4.69, 9.17) is 10.5 Å². The maximum atomic E-state index is 10.7. The van der Waals surface area contributed by atoms with Gasteiger partial charge in [-0.2, -0.15) is 0 Å². The fourth-order valence-electron chi connectivity index (χ4n) is 0.657. The summed E-state index contributed by atoms with van der Waals surface area (Å²) in [5, 5.41) is 0. The lowest BCUT2D eigenvalue weighted by molar-refractivity contribution is -0.146. The van der Waals surface area contributed by atoms with E-state index in [9.17, 15) is 4.79 Å². The average Bonchev–Trinajstić information content (AvgIpc) is 1.87. The van der Waals surface area contributed by atoms with Crippen LogP contribution in [0.2, 0.25) is 0 Å². The van der Waals surface area contributed by atoms with Crippen molar-refractivity contribution in [2.75, 3.05) is 13.2 Å². The minimum Gasteiger partial charge on any atom is -0.466 e. The molecule has 0 saturated heterocycles. The Labute approximate surface area is 66.7 Å². The lowest BCUT2D eigenvalue weighted by Crippen LogP contribution is -2.27. The number of carbonyl (C=O) groups excluding carboxylic acids is 1. The predicted molar refractivity (Wildman–Crippen MR) is 40.9 cm³/mol. The normalized spacial score (nSPS) is 12.6. The van der Waals surface area contributed by atoms with Crippen molar-refractivity contribution in [1.29, 1.82) is 0 Å². The highest BCUT2D eigenvalue weighted by molar-refractivity contribution is 5.69. The summed E-state index contributed by atoms with van der Waals surface area (Å²) in [6.07, 6.45) is -0.402. The SMILES string of the molecule is CCOC(=O)CC(N)OCC. The van der Waals surface area contributed by atoms with Crippen LogP contribution < -0.4 is 5.73 Å². The van der Waals surface area contributed by atoms with E-state index < -0.39 is 6.23 Å². The topological polar surface area (TPSA) is 61.5 Å². The Kier molecular flexibility index (Phi) is 5.78. The molecule has 0 radical (unpaired) electrons. The maximum absolute atomic E-state index is 10.7. The Morgan fingerprint density at radius 3 is 2.55 bits per heavy atom. The van der Waals surface area contributed by atoms with Gasteiger partial charge < -0.3 is 15.2 Å². The molecular formula is C7H15NO3. The van der Waals surface area contributed by atoms with Crippen molar-refractivity contribution in [1.82, 2.24) is 0 Å². The zero-order valence-corrected chi connectivity index (χ0v) is 7.00. The van der Waals surface area contributed by atoms with Gasteiger partial charge in [0.25, 0.3) is 0 Å². The van der Waals surface area contributed by atoms with E-state index in [0.29, 0.717) is 13.2 Å². The van der Waals surface area contributed by atoms with E-state index in [-0.39, 0.29) is 12.4 Å². The van der Waals surface area contributed by atoms with Crippen LogP contribution >= 0.6 is 0 Å². The Balaban J connectivity index is 3.40. The number of carbonyl (C=O) groups is 1. The summed E-state index contributed by atoms with van der Waals surface area (Å²) >= 11 is 0. The highest BCUT2D eigenvalue weighted by atomic mass is 16.5. The maximum Gasteiger partial charge on any atom is 0.309 e. The molecule has 1 unspecified atom stereocenters. The monoisotopic (exact) mass is 161 g/mol. The van der Waals surface area contributed by atoms with Gasteiger partial charge in [0, 0.05) is 6.61 Å². The summed E-state index contributed by atoms with van der Waals surface area (Å²) in [5.41, 5.74) is 5.39. The molecule has 4 nitrogen and oxygen atoms in total. The minimum atomic E-state index is -0.529. The molecule has 0 spiro atoms. The van der Waals surface area contributed by atoms with Crippen LogP contribution in [0.4, 0.5) is 0 Å². The number of hydrogen-bond donors (Lipinski definition) is 1. The van der Waals surface area contributed by atoms with E-state index >= 15 is 0 Å². The van der Waals surface area contributed by atoms with Crippen LogP contribution in [0, 0.1) is 0 Å². The van der Waals surface area contributed by atoms with Crippen molar-refractivity contribution in [2.45, 2.75) is 26.5 Å². The van der Waals surface area contributed by atoms with Gasteiger partial charge in [-0.15, -0.1) is 0 Å². The summed E-state index contributed by atoms with van der Waals surface area (Å²) < 4.78 is 9.60. The van der Waals surface area contributed by atoms with Crippen molar-refractivity contribution in [2.24, 2.45) is 5.73 Å². The van der Waals surface area contributed by atoms with Gasteiger partial charge >= 0.3 is 5.97 Å². The third-order valence-electron chi connectivity index (χ3n) is 1.05. The number of esters is 1. The van der Waals surface area contributed by atoms with E-state index in [1.54, 1.807) is 6.92 Å². The zero-order valence-electron chi connectivity index (χ0n) is 7.00. The Morgan fingerprint density at radius 2 is 2.09 bits per heavy atom. The van der Waals surface area contributed by atoms with Crippen molar-refractivity contribution in [3.8, 4) is 0 Å². The molecule has 0 rings (SSSR count). The number of nitrogens with two attached hydrogens (primary N) is 1. The molecule has 66 valence electrons. The lowest BCUT2D eigenvalue weighted by atomic mass is 10.4. The number of hydrogen-bond acceptors (Lipinski definition) is 4. The second-order valence-corrected chi connectivity index (χ2v) is 2.00. The minimum absolute atomic E-state index is 0.127. The average molecular weight is 161 g/mol. The highest BCUT2D eigenvalue weighted by Gasteiger charge is 2.08. The van der Waals surface area contributed by atoms with Crippen molar-refractivity contribution < 1.29 is 14.3 Å². The van der Waals surface area contributed by atoms with Crippen molar-refractivity contribution in [3.05, 3.63) is 0 Å². The third kappa shape index (κ3) is 5.82. The van der Waals surface area contributed by atoms with E-state index in [1.165, 1.54) is 0 Å². The molecule has 0 saturated carbocycles. The van der Waals surface area contributed by atoms with Gasteiger partial charge in [-0.3, -0.25) is 4.79 Å². The zero-order chi connectivity index (χ0) is 8.69. The molecule has 0 amide bonds. The van der Waals surface area contributed by atoms with Gasteiger partial charge in [-0.25, -0.2) is 0 Å². The van der Waals surface area contributed by atoms with Crippen LogP contribution in [0.15, 0.2) is 0 Å². The molecule has 0 aliphatic heterocycles. The lowest BCUT2D eigenvalue weighted by Gasteiger charge is -2.09. The third-order valence-corrected chi connectivity index (χ3v) is 1.05. The van der Waals surface area contributed by atoms with Crippen LogP contribution in [0.1, 0.15) is 20.3 Å². The summed E-state index contributed by atoms with van der Waals surface area (Å²) in [6, 6.07) is 0. The van der Waals surface area contributed by atoms with Crippen LogP contribution in [0.25, 0.3) is 0 Å². The summed E-state index contributed by atoms with van der Waals surface area (Å²) in [6.45, 7) is 4.48. The van der Waals surface area contributed by atoms with Crippen molar-refractivity contribution in [3.63, 3.8) is 0 Å². The summed E-state index contributed by atoms with van der Waals surface area (Å²) in [4.78, 5) is 10.7. The van der Waals surface area contributed by atoms with Crippen LogP contribution in [0.3, 0.4) is 0 Å². The molecule has 1 atom stereocenters. The quantitative estimate of drug-likeness (QED) is 0.464. The molecule has 0 aromatic heterocycles. The smallest absolute Gasteiger partial charge is 0.309 e. The van der Waals surface area contributed by atoms with Gasteiger partial charge in [0.2, 0.25) is 0 Å². The summed E-state index contributed by atoms with van der Waals surface area (Å²) in [7, 11) is 0. The van der Waals surface area contributed by atoms with Gasteiger partial charge in [-0.1, -0.05) is 0 Å². The highest BCUT2D eigenvalue weighted by Crippen LogP contribution is 1.93. The molecule has 0 heterocycles. The van der Waals surface area contributed by atoms with Crippen LogP contribution in [-0.2, 0) is 14.3 Å². The van der Waals surface area contributed by atoms with E-state index in [0.717, 1.165) is 0 Å². The molecule has 0 fully saturated rings. The Hall–Kier alpha value is -0.610. The van der Waals surface area contributed by atoms with Crippen molar-refractivity contribution >= 4 is 5.97 Å². The van der Waals surface area contributed by atoms with E-state index in [2.05, 4.69) is 4.74 Å². The largest absolute Gasteiger partial charge is 0.466 e. The van der Waals surface area contributed by atoms with Gasteiger partial charge in [-0.05, 0) is 13.8 Å². The standard InChI is InChI=1S/C7H15NO3/c1-3-10-6(8)5-7(9)11-4-2/h6H,3-5,8H2,1-2H3. The molecule has 2 N–H and O–H groups in total. The molecule has 0 aromatic rings.